The molecule has 0 aliphatic heterocycles. The van der Waals surface area contributed by atoms with E-state index in [1.807, 2.05) is 0 Å². The highest BCUT2D eigenvalue weighted by molar-refractivity contribution is 6.36. The molecule has 0 spiro atoms. The fourth-order valence-corrected chi connectivity index (χ4v) is 5.96. The molecule has 2 nitrogen and oxygen atoms in total. The second-order valence-corrected chi connectivity index (χ2v) is 9.65. The molecule has 0 aromatic carbocycles. The maximum absolute atomic E-state index is 5.27. The van der Waals surface area contributed by atoms with E-state index in [1.54, 1.807) is 14.2 Å². The van der Waals surface area contributed by atoms with Gasteiger partial charge in [0.05, 0.1) is 9.52 Å². The van der Waals surface area contributed by atoms with Crippen molar-refractivity contribution in [1.82, 2.24) is 0 Å². The lowest BCUT2D eigenvalue weighted by Gasteiger charge is -2.17. The standard InChI is InChI=1S/C20H38O2Si/c1-21-20(22-2)23-14-10-8-6-4-3-5-7-9-11-18-15-17-12-13-19(18)16-17/h12-13,17-20H,3-11,14-16,23H2,1-2H3. The highest BCUT2D eigenvalue weighted by atomic mass is 28.2. The van der Waals surface area contributed by atoms with Crippen molar-refractivity contribution < 1.29 is 9.47 Å². The molecule has 2 aliphatic rings. The molecule has 0 amide bonds. The Morgan fingerprint density at radius 3 is 2.09 bits per heavy atom. The lowest BCUT2D eigenvalue weighted by Crippen LogP contribution is -2.20. The van der Waals surface area contributed by atoms with Crippen LogP contribution in [0.4, 0.5) is 0 Å². The van der Waals surface area contributed by atoms with E-state index in [1.165, 1.54) is 76.7 Å². The van der Waals surface area contributed by atoms with Crippen molar-refractivity contribution in [2.24, 2.45) is 17.8 Å². The fraction of sp³-hybridized carbons (Fsp3) is 0.900. The summed E-state index contributed by atoms with van der Waals surface area (Å²) < 4.78 is 10.5. The van der Waals surface area contributed by atoms with Gasteiger partial charge < -0.3 is 9.47 Å². The van der Waals surface area contributed by atoms with Crippen LogP contribution in [0.3, 0.4) is 0 Å². The lowest BCUT2D eigenvalue weighted by molar-refractivity contribution is -0.0441. The molecule has 1 fully saturated rings. The summed E-state index contributed by atoms with van der Waals surface area (Å²) in [5.74, 6) is 3.09. The average Bonchev–Trinajstić information content (AvgIpc) is 3.19. The molecule has 0 aromatic heterocycles. The van der Waals surface area contributed by atoms with Crippen molar-refractivity contribution in [3.05, 3.63) is 12.2 Å². The van der Waals surface area contributed by atoms with Crippen LogP contribution in [0.15, 0.2) is 12.2 Å². The predicted molar refractivity (Wildman–Crippen MR) is 102 cm³/mol. The van der Waals surface area contributed by atoms with E-state index in [4.69, 9.17) is 9.47 Å². The monoisotopic (exact) mass is 338 g/mol. The minimum Gasteiger partial charge on any atom is -0.360 e. The number of hydrogen-bond donors (Lipinski definition) is 0. The van der Waals surface area contributed by atoms with Gasteiger partial charge in [-0.2, -0.15) is 0 Å². The van der Waals surface area contributed by atoms with E-state index in [2.05, 4.69) is 12.2 Å². The number of methoxy groups -OCH3 is 2. The summed E-state index contributed by atoms with van der Waals surface area (Å²) in [7, 11) is 3.33. The molecule has 0 heterocycles. The Hall–Kier alpha value is -0.123. The second kappa shape index (κ2) is 11.4. The Labute approximate surface area is 146 Å². The van der Waals surface area contributed by atoms with Crippen molar-refractivity contribution >= 4 is 9.52 Å². The van der Waals surface area contributed by atoms with E-state index < -0.39 is 0 Å². The molecule has 2 bridgehead atoms. The Morgan fingerprint density at radius 1 is 0.870 bits per heavy atom. The maximum Gasteiger partial charge on any atom is 0.134 e. The molecule has 2 rings (SSSR count). The summed E-state index contributed by atoms with van der Waals surface area (Å²) in [6, 6.07) is 1.37. The first-order chi connectivity index (χ1) is 11.3. The average molecular weight is 339 g/mol. The summed E-state index contributed by atoms with van der Waals surface area (Å²) in [6.07, 6.45) is 20.9. The summed E-state index contributed by atoms with van der Waals surface area (Å²) >= 11 is 0. The third-order valence-corrected chi connectivity index (χ3v) is 8.00. The summed E-state index contributed by atoms with van der Waals surface area (Å²) in [5, 5.41) is 0. The lowest BCUT2D eigenvalue weighted by atomic mass is 9.88. The van der Waals surface area contributed by atoms with Gasteiger partial charge in [0.2, 0.25) is 0 Å². The normalized spacial score (nSPS) is 26.3. The van der Waals surface area contributed by atoms with Gasteiger partial charge in [0.15, 0.2) is 0 Å². The second-order valence-electron chi connectivity index (χ2n) is 7.70. The van der Waals surface area contributed by atoms with Gasteiger partial charge >= 0.3 is 0 Å². The van der Waals surface area contributed by atoms with Gasteiger partial charge in [-0.05, 0) is 37.0 Å². The molecular weight excluding hydrogens is 300 g/mol. The number of allylic oxidation sites excluding steroid dienone is 2. The molecule has 23 heavy (non-hydrogen) atoms. The molecule has 134 valence electrons. The van der Waals surface area contributed by atoms with Crippen molar-refractivity contribution in [2.75, 3.05) is 14.2 Å². The third-order valence-electron chi connectivity index (χ3n) is 5.96. The Kier molecular flexibility index (Phi) is 9.55. The number of hydrogen-bond acceptors (Lipinski definition) is 2. The fourth-order valence-electron chi connectivity index (χ4n) is 4.51. The Morgan fingerprint density at radius 2 is 1.52 bits per heavy atom. The molecule has 0 saturated heterocycles. The summed E-state index contributed by atoms with van der Waals surface area (Å²) in [6.45, 7) is 0. The van der Waals surface area contributed by atoms with Crippen molar-refractivity contribution in [3.63, 3.8) is 0 Å². The first kappa shape index (κ1) is 19.2. The number of rotatable bonds is 14. The molecule has 3 unspecified atom stereocenters. The molecule has 1 saturated carbocycles. The zero-order chi connectivity index (χ0) is 16.3. The minimum atomic E-state index is -0.186. The van der Waals surface area contributed by atoms with Crippen LogP contribution in [-0.2, 0) is 9.47 Å². The zero-order valence-corrected chi connectivity index (χ0v) is 16.9. The molecule has 0 aromatic rings. The third kappa shape index (κ3) is 7.11. The van der Waals surface area contributed by atoms with Gasteiger partial charge in [-0.3, -0.25) is 0 Å². The van der Waals surface area contributed by atoms with Crippen LogP contribution < -0.4 is 0 Å². The Balaban J connectivity index is 1.30. The maximum atomic E-state index is 5.27. The minimum absolute atomic E-state index is 0.139. The topological polar surface area (TPSA) is 18.5 Å². The molecule has 0 radical (unpaired) electrons. The van der Waals surface area contributed by atoms with Crippen LogP contribution in [0.5, 0.6) is 0 Å². The van der Waals surface area contributed by atoms with Crippen molar-refractivity contribution in [1.29, 1.82) is 0 Å². The Bertz CT molecular complexity index is 328. The van der Waals surface area contributed by atoms with Crippen molar-refractivity contribution in [2.45, 2.75) is 82.6 Å². The first-order valence-corrected chi connectivity index (χ1v) is 11.9. The van der Waals surface area contributed by atoms with Gasteiger partial charge in [-0.25, -0.2) is 0 Å². The highest BCUT2D eigenvalue weighted by Crippen LogP contribution is 2.45. The van der Waals surface area contributed by atoms with Crippen LogP contribution in [-0.4, -0.2) is 29.7 Å². The van der Waals surface area contributed by atoms with Gasteiger partial charge in [0, 0.05) is 14.2 Å². The van der Waals surface area contributed by atoms with E-state index in [9.17, 15) is 0 Å². The zero-order valence-electron chi connectivity index (χ0n) is 15.5. The van der Waals surface area contributed by atoms with E-state index >= 15 is 0 Å². The van der Waals surface area contributed by atoms with Crippen LogP contribution in [0.1, 0.15) is 70.6 Å². The number of unbranched alkanes of at least 4 members (excludes halogenated alkanes) is 7. The van der Waals surface area contributed by atoms with E-state index in [0.717, 1.165) is 17.8 Å². The smallest absolute Gasteiger partial charge is 0.134 e. The van der Waals surface area contributed by atoms with Gasteiger partial charge in [-0.1, -0.05) is 69.6 Å². The molecule has 3 atom stereocenters. The quantitative estimate of drug-likeness (QED) is 0.195. The first-order valence-electron chi connectivity index (χ1n) is 10.1. The number of fused-ring (bicyclic) bond motifs is 2. The predicted octanol–water partition coefficient (Wildman–Crippen LogP) is 4.87. The van der Waals surface area contributed by atoms with E-state index in [0.29, 0.717) is 0 Å². The molecular formula is C20H38O2Si. The van der Waals surface area contributed by atoms with Crippen LogP contribution in [0, 0.1) is 17.8 Å². The van der Waals surface area contributed by atoms with E-state index in [-0.39, 0.29) is 15.4 Å². The van der Waals surface area contributed by atoms with Crippen LogP contribution in [0.25, 0.3) is 0 Å². The van der Waals surface area contributed by atoms with Gasteiger partial charge in [-0.15, -0.1) is 0 Å². The number of ether oxygens (including phenoxy) is 2. The summed E-state index contributed by atoms with van der Waals surface area (Å²) in [4.78, 5) is 0. The highest BCUT2D eigenvalue weighted by Gasteiger charge is 2.34. The van der Waals surface area contributed by atoms with Crippen molar-refractivity contribution in [3.8, 4) is 0 Å². The SMILES string of the molecule is COC(OC)[SiH2]CCCCCCCCCCC1CC2C=CC1C2. The van der Waals surface area contributed by atoms with Gasteiger partial charge in [0.1, 0.15) is 5.91 Å². The molecule has 0 N–H and O–H groups in total. The largest absolute Gasteiger partial charge is 0.360 e. The summed E-state index contributed by atoms with van der Waals surface area (Å²) in [5.41, 5.74) is 0. The van der Waals surface area contributed by atoms with Gasteiger partial charge in [0.25, 0.3) is 0 Å². The van der Waals surface area contributed by atoms with Crippen LogP contribution in [0.2, 0.25) is 6.04 Å². The van der Waals surface area contributed by atoms with Crippen LogP contribution >= 0.6 is 0 Å². The molecule has 2 aliphatic carbocycles. The molecule has 3 heteroatoms.